The van der Waals surface area contributed by atoms with Gasteiger partial charge in [0.15, 0.2) is 0 Å². The second-order valence-electron chi connectivity index (χ2n) is 5.28. The average molecular weight is 289 g/mol. The van der Waals surface area contributed by atoms with Crippen molar-refractivity contribution in [2.24, 2.45) is 5.92 Å². The van der Waals surface area contributed by atoms with Crippen molar-refractivity contribution < 1.29 is 14.3 Å². The molecule has 0 saturated carbocycles. The van der Waals surface area contributed by atoms with Crippen LogP contribution in [0.2, 0.25) is 0 Å². The van der Waals surface area contributed by atoms with Crippen LogP contribution in [-0.2, 0) is 9.53 Å². The van der Waals surface area contributed by atoms with Crippen molar-refractivity contribution in [3.63, 3.8) is 0 Å². The van der Waals surface area contributed by atoms with Crippen molar-refractivity contribution in [1.82, 2.24) is 4.90 Å². The van der Waals surface area contributed by atoms with Crippen molar-refractivity contribution in [3.05, 3.63) is 48.6 Å². The lowest BCUT2D eigenvalue weighted by atomic mass is 10.0. The largest absolute Gasteiger partial charge is 0.467 e. The zero-order valence-electron chi connectivity index (χ0n) is 12.9. The molecule has 114 valence electrons. The highest BCUT2D eigenvalue weighted by atomic mass is 16.5. The molecule has 0 aliphatic carbocycles. The second kappa shape index (κ2) is 8.25. The summed E-state index contributed by atoms with van der Waals surface area (Å²) >= 11 is 0. The van der Waals surface area contributed by atoms with Gasteiger partial charge in [-0.1, -0.05) is 38.1 Å². The van der Waals surface area contributed by atoms with E-state index in [4.69, 9.17) is 4.74 Å². The zero-order chi connectivity index (χ0) is 15.8. The fraction of sp³-hybridized carbons (Fsp3) is 0.412. The van der Waals surface area contributed by atoms with Crippen LogP contribution >= 0.6 is 0 Å². The summed E-state index contributed by atoms with van der Waals surface area (Å²) in [6, 6.07) is 8.33. The first-order valence-electron chi connectivity index (χ1n) is 7.06. The standard InChI is InChI=1S/C17H23NO3/c1-5-11-18(15(12-13(2)3)17(20)21-4)16(19)14-9-7-6-8-10-14/h5-10,13,15H,1,11-12H2,2-4H3/t15-/m0/s1. The summed E-state index contributed by atoms with van der Waals surface area (Å²) in [5.41, 5.74) is 0.553. The number of amides is 1. The van der Waals surface area contributed by atoms with Gasteiger partial charge in [0, 0.05) is 12.1 Å². The Morgan fingerprint density at radius 1 is 1.29 bits per heavy atom. The van der Waals surface area contributed by atoms with Gasteiger partial charge < -0.3 is 9.64 Å². The molecule has 1 aromatic rings. The van der Waals surface area contributed by atoms with Crippen LogP contribution < -0.4 is 0 Å². The van der Waals surface area contributed by atoms with Crippen LogP contribution in [0.15, 0.2) is 43.0 Å². The molecule has 0 N–H and O–H groups in total. The number of carbonyl (C=O) groups excluding carboxylic acids is 2. The molecule has 1 aromatic carbocycles. The van der Waals surface area contributed by atoms with Crippen LogP contribution in [0.4, 0.5) is 0 Å². The number of hydrogen-bond acceptors (Lipinski definition) is 3. The molecule has 0 aliphatic heterocycles. The minimum atomic E-state index is -0.597. The Morgan fingerprint density at radius 2 is 1.90 bits per heavy atom. The molecule has 1 atom stereocenters. The lowest BCUT2D eigenvalue weighted by molar-refractivity contribution is -0.146. The first-order chi connectivity index (χ1) is 10.0. The average Bonchev–Trinajstić information content (AvgIpc) is 2.50. The van der Waals surface area contributed by atoms with E-state index in [2.05, 4.69) is 6.58 Å². The van der Waals surface area contributed by atoms with Crippen molar-refractivity contribution in [2.75, 3.05) is 13.7 Å². The highest BCUT2D eigenvalue weighted by Crippen LogP contribution is 2.16. The highest BCUT2D eigenvalue weighted by Gasteiger charge is 2.31. The third-order valence-corrected chi connectivity index (χ3v) is 3.15. The van der Waals surface area contributed by atoms with E-state index < -0.39 is 12.0 Å². The molecule has 1 amide bonds. The van der Waals surface area contributed by atoms with Gasteiger partial charge in [-0.05, 0) is 24.5 Å². The third-order valence-electron chi connectivity index (χ3n) is 3.15. The lowest BCUT2D eigenvalue weighted by Crippen LogP contribution is -2.46. The van der Waals surface area contributed by atoms with E-state index in [1.807, 2.05) is 19.9 Å². The van der Waals surface area contributed by atoms with E-state index in [9.17, 15) is 9.59 Å². The molecule has 0 spiro atoms. The minimum absolute atomic E-state index is 0.188. The molecule has 0 unspecified atom stereocenters. The molecule has 0 fully saturated rings. The maximum atomic E-state index is 12.6. The first kappa shape index (κ1) is 17.0. The number of benzene rings is 1. The van der Waals surface area contributed by atoms with Gasteiger partial charge in [-0.15, -0.1) is 6.58 Å². The van der Waals surface area contributed by atoms with Crippen LogP contribution in [0.3, 0.4) is 0 Å². The van der Waals surface area contributed by atoms with Gasteiger partial charge in [0.2, 0.25) is 0 Å². The number of ether oxygens (including phenoxy) is 1. The molecule has 0 aromatic heterocycles. The van der Waals surface area contributed by atoms with Gasteiger partial charge in [0.25, 0.3) is 5.91 Å². The Kier molecular flexibility index (Phi) is 6.66. The second-order valence-corrected chi connectivity index (χ2v) is 5.28. The van der Waals surface area contributed by atoms with Crippen LogP contribution in [0.1, 0.15) is 30.6 Å². The molecule has 21 heavy (non-hydrogen) atoms. The van der Waals surface area contributed by atoms with Crippen LogP contribution in [0.25, 0.3) is 0 Å². The van der Waals surface area contributed by atoms with Crippen molar-refractivity contribution >= 4 is 11.9 Å². The van der Waals surface area contributed by atoms with Gasteiger partial charge >= 0.3 is 5.97 Å². The van der Waals surface area contributed by atoms with Crippen LogP contribution in [0.5, 0.6) is 0 Å². The van der Waals surface area contributed by atoms with Crippen LogP contribution in [-0.4, -0.2) is 36.5 Å². The molecule has 1 rings (SSSR count). The van der Waals surface area contributed by atoms with Crippen molar-refractivity contribution in [2.45, 2.75) is 26.3 Å². The minimum Gasteiger partial charge on any atom is -0.467 e. The monoisotopic (exact) mass is 289 g/mol. The Labute approximate surface area is 126 Å². The predicted molar refractivity (Wildman–Crippen MR) is 82.9 cm³/mol. The zero-order valence-corrected chi connectivity index (χ0v) is 12.9. The summed E-state index contributed by atoms with van der Waals surface area (Å²) in [6.45, 7) is 8.00. The molecule has 0 bridgehead atoms. The number of carbonyl (C=O) groups is 2. The fourth-order valence-corrected chi connectivity index (χ4v) is 2.17. The maximum Gasteiger partial charge on any atom is 0.328 e. The summed E-state index contributed by atoms with van der Waals surface area (Å²) in [5.74, 6) is -0.314. The Bertz CT molecular complexity index is 482. The summed E-state index contributed by atoms with van der Waals surface area (Å²) < 4.78 is 4.86. The molecule has 4 heteroatoms. The SMILES string of the molecule is C=CCN(C(=O)c1ccccc1)[C@@H](CC(C)C)C(=O)OC. The predicted octanol–water partition coefficient (Wildman–Crippen LogP) is 2.90. The molecular weight excluding hydrogens is 266 g/mol. The smallest absolute Gasteiger partial charge is 0.328 e. The Hall–Kier alpha value is -2.10. The molecule has 0 saturated heterocycles. The van der Waals surface area contributed by atoms with Crippen molar-refractivity contribution in [3.8, 4) is 0 Å². The quantitative estimate of drug-likeness (QED) is 0.573. The third kappa shape index (κ3) is 4.74. The van der Waals surface area contributed by atoms with E-state index in [0.717, 1.165) is 0 Å². The summed E-state index contributed by atoms with van der Waals surface area (Å²) in [5, 5.41) is 0. The van der Waals surface area contributed by atoms with Gasteiger partial charge in [-0.3, -0.25) is 4.79 Å². The normalized spacial score (nSPS) is 11.8. The lowest BCUT2D eigenvalue weighted by Gasteiger charge is -2.30. The first-order valence-corrected chi connectivity index (χ1v) is 7.06. The van der Waals surface area contributed by atoms with Gasteiger partial charge in [-0.2, -0.15) is 0 Å². The molecular formula is C17H23NO3. The van der Waals surface area contributed by atoms with Crippen molar-refractivity contribution in [1.29, 1.82) is 0 Å². The van der Waals surface area contributed by atoms with E-state index in [1.165, 1.54) is 12.0 Å². The maximum absolute atomic E-state index is 12.6. The Morgan fingerprint density at radius 3 is 2.38 bits per heavy atom. The fourth-order valence-electron chi connectivity index (χ4n) is 2.17. The summed E-state index contributed by atoms with van der Waals surface area (Å²) in [7, 11) is 1.34. The molecule has 0 aliphatic rings. The van der Waals surface area contributed by atoms with E-state index in [0.29, 0.717) is 18.5 Å². The Balaban J connectivity index is 3.08. The number of nitrogens with zero attached hydrogens (tertiary/aromatic N) is 1. The number of hydrogen-bond donors (Lipinski definition) is 0. The highest BCUT2D eigenvalue weighted by molar-refractivity contribution is 5.96. The number of esters is 1. The summed E-state index contributed by atoms with van der Waals surface area (Å²) in [6.07, 6.45) is 2.18. The number of methoxy groups -OCH3 is 1. The van der Waals surface area contributed by atoms with E-state index >= 15 is 0 Å². The van der Waals surface area contributed by atoms with Gasteiger partial charge in [0.1, 0.15) is 6.04 Å². The van der Waals surface area contributed by atoms with E-state index in [1.54, 1.807) is 30.3 Å². The molecule has 4 nitrogen and oxygen atoms in total. The van der Waals surface area contributed by atoms with Gasteiger partial charge in [0.05, 0.1) is 7.11 Å². The molecule has 0 radical (unpaired) electrons. The summed E-state index contributed by atoms with van der Waals surface area (Å²) in [4.78, 5) is 26.2. The molecule has 0 heterocycles. The van der Waals surface area contributed by atoms with E-state index in [-0.39, 0.29) is 11.8 Å². The topological polar surface area (TPSA) is 46.6 Å². The number of rotatable bonds is 7. The van der Waals surface area contributed by atoms with Gasteiger partial charge in [-0.25, -0.2) is 4.79 Å². The van der Waals surface area contributed by atoms with Crippen LogP contribution in [0, 0.1) is 5.92 Å².